The Labute approximate surface area is 255 Å². The lowest BCUT2D eigenvalue weighted by molar-refractivity contribution is -0.139. The minimum Gasteiger partial charge on any atom is -0.352 e. The monoisotopic (exact) mass is 693 g/mol. The van der Waals surface area contributed by atoms with Gasteiger partial charge in [0, 0.05) is 21.2 Å². The number of hydrogen-bond acceptors (Lipinski definition) is 4. The third kappa shape index (κ3) is 7.76. The van der Waals surface area contributed by atoms with Crippen LogP contribution in [0.15, 0.2) is 83.8 Å². The topological polar surface area (TPSA) is 86.8 Å². The number of rotatable bonds is 10. The van der Waals surface area contributed by atoms with Crippen LogP contribution in [0.2, 0.25) is 5.02 Å². The van der Waals surface area contributed by atoms with Crippen molar-refractivity contribution in [2.24, 2.45) is 0 Å². The smallest absolute Gasteiger partial charge is 0.264 e. The van der Waals surface area contributed by atoms with E-state index >= 15 is 0 Å². The Hall–Kier alpha value is -2.63. The molecule has 0 radical (unpaired) electrons. The van der Waals surface area contributed by atoms with Gasteiger partial charge in [-0.1, -0.05) is 61.2 Å². The highest BCUT2D eigenvalue weighted by molar-refractivity contribution is 14.1. The zero-order chi connectivity index (χ0) is 28.7. The summed E-state index contributed by atoms with van der Waals surface area (Å²) >= 11 is 8.21. The Kier molecular flexibility index (Phi) is 10.5. The van der Waals surface area contributed by atoms with Crippen molar-refractivity contribution in [3.05, 3.63) is 93.0 Å². The van der Waals surface area contributed by atoms with Crippen molar-refractivity contribution in [1.82, 2.24) is 10.2 Å². The van der Waals surface area contributed by atoms with E-state index in [4.69, 9.17) is 11.6 Å². The first-order chi connectivity index (χ1) is 19.1. The highest BCUT2D eigenvalue weighted by Crippen LogP contribution is 2.26. The molecule has 40 heavy (non-hydrogen) atoms. The Balaban J connectivity index is 1.65. The van der Waals surface area contributed by atoms with Crippen LogP contribution in [0.1, 0.15) is 44.6 Å². The highest BCUT2D eigenvalue weighted by atomic mass is 127. The first kappa shape index (κ1) is 30.3. The van der Waals surface area contributed by atoms with Gasteiger partial charge >= 0.3 is 0 Å². The number of halogens is 2. The van der Waals surface area contributed by atoms with Gasteiger partial charge in [-0.05, 0) is 96.5 Å². The number of benzene rings is 3. The van der Waals surface area contributed by atoms with Crippen LogP contribution < -0.4 is 9.62 Å². The lowest BCUT2D eigenvalue weighted by Gasteiger charge is -2.33. The van der Waals surface area contributed by atoms with Gasteiger partial charge in [0.25, 0.3) is 10.0 Å². The predicted octanol–water partition coefficient (Wildman–Crippen LogP) is 6.01. The number of nitrogens with zero attached hydrogens (tertiary/aromatic N) is 2. The van der Waals surface area contributed by atoms with Crippen molar-refractivity contribution >= 4 is 61.7 Å². The fourth-order valence-corrected chi connectivity index (χ4v) is 6.71. The van der Waals surface area contributed by atoms with E-state index in [-0.39, 0.29) is 23.4 Å². The van der Waals surface area contributed by atoms with Gasteiger partial charge in [0.15, 0.2) is 0 Å². The normalized spacial score (nSPS) is 14.8. The highest BCUT2D eigenvalue weighted by Gasteiger charge is 2.33. The molecule has 212 valence electrons. The molecule has 1 fully saturated rings. The van der Waals surface area contributed by atoms with Crippen molar-refractivity contribution in [2.45, 2.75) is 62.6 Å². The Bertz CT molecular complexity index is 1400. The van der Waals surface area contributed by atoms with Gasteiger partial charge in [-0.25, -0.2) is 8.42 Å². The summed E-state index contributed by atoms with van der Waals surface area (Å²) in [5.41, 5.74) is 1.14. The van der Waals surface area contributed by atoms with Crippen LogP contribution in [0.4, 0.5) is 5.69 Å². The van der Waals surface area contributed by atoms with Gasteiger partial charge < -0.3 is 10.2 Å². The minimum absolute atomic E-state index is 0.0775. The molecule has 4 rings (SSSR count). The van der Waals surface area contributed by atoms with Crippen molar-refractivity contribution < 1.29 is 18.0 Å². The quantitative estimate of drug-likeness (QED) is 0.264. The van der Waals surface area contributed by atoms with E-state index in [0.717, 1.165) is 45.5 Å². The largest absolute Gasteiger partial charge is 0.352 e. The van der Waals surface area contributed by atoms with Crippen LogP contribution >= 0.6 is 34.2 Å². The lowest BCUT2D eigenvalue weighted by atomic mass is 9.95. The summed E-state index contributed by atoms with van der Waals surface area (Å²) in [6.45, 7) is 1.35. The van der Waals surface area contributed by atoms with Crippen molar-refractivity contribution in [3.63, 3.8) is 0 Å². The lowest BCUT2D eigenvalue weighted by Crippen LogP contribution is -2.53. The molecule has 0 spiro atoms. The Morgan fingerprint density at radius 3 is 2.20 bits per heavy atom. The molecule has 0 heterocycles. The van der Waals surface area contributed by atoms with E-state index in [9.17, 15) is 18.0 Å². The molecule has 1 unspecified atom stereocenters. The third-order valence-corrected chi connectivity index (χ3v) is 9.87. The maximum absolute atomic E-state index is 14.0. The molecular formula is C30H33ClIN3O4S. The van der Waals surface area contributed by atoms with Crippen LogP contribution in [0.25, 0.3) is 0 Å². The van der Waals surface area contributed by atoms with Crippen LogP contribution in [0, 0.1) is 3.57 Å². The average Bonchev–Trinajstić information content (AvgIpc) is 2.96. The minimum atomic E-state index is -4.08. The number of carbonyl (C=O) groups excluding carboxylic acids is 2. The number of amides is 2. The summed E-state index contributed by atoms with van der Waals surface area (Å²) in [6, 6.07) is 21.3. The molecule has 0 aromatic heterocycles. The number of carbonyl (C=O) groups is 2. The maximum atomic E-state index is 14.0. The summed E-state index contributed by atoms with van der Waals surface area (Å²) in [5.74, 6) is -0.736. The molecule has 0 saturated heterocycles. The number of nitrogens with one attached hydrogen (secondary N) is 1. The number of anilines is 1. The summed E-state index contributed by atoms with van der Waals surface area (Å²) in [4.78, 5) is 28.9. The summed E-state index contributed by atoms with van der Waals surface area (Å²) in [7, 11) is -4.08. The van der Waals surface area contributed by atoms with Gasteiger partial charge in [-0.3, -0.25) is 13.9 Å². The van der Waals surface area contributed by atoms with Crippen LogP contribution in [0.3, 0.4) is 0 Å². The molecule has 0 bridgehead atoms. The second-order valence-electron chi connectivity index (χ2n) is 9.97. The molecular weight excluding hydrogens is 661 g/mol. The maximum Gasteiger partial charge on any atom is 0.264 e. The van der Waals surface area contributed by atoms with Crippen molar-refractivity contribution in [2.75, 3.05) is 10.8 Å². The summed E-state index contributed by atoms with van der Waals surface area (Å²) in [5, 5.41) is 3.67. The fraction of sp³-hybridized carbons (Fsp3) is 0.333. The molecule has 3 aromatic carbocycles. The van der Waals surface area contributed by atoms with Gasteiger partial charge in [-0.2, -0.15) is 0 Å². The molecule has 1 aliphatic rings. The number of sulfonamides is 1. The van der Waals surface area contributed by atoms with Gasteiger partial charge in [0.2, 0.25) is 11.8 Å². The van der Waals surface area contributed by atoms with Crippen LogP contribution in [-0.2, 0) is 26.2 Å². The first-order valence-electron chi connectivity index (χ1n) is 13.3. The number of hydrogen-bond donors (Lipinski definition) is 1. The molecule has 1 atom stereocenters. The molecule has 1 N–H and O–H groups in total. The molecule has 1 saturated carbocycles. The van der Waals surface area contributed by atoms with Crippen molar-refractivity contribution in [1.29, 1.82) is 0 Å². The summed E-state index contributed by atoms with van der Waals surface area (Å²) in [6.07, 6.45) is 5.12. The predicted molar refractivity (Wildman–Crippen MR) is 167 cm³/mol. The molecule has 2 amide bonds. The third-order valence-electron chi connectivity index (χ3n) is 7.11. The van der Waals surface area contributed by atoms with E-state index in [1.165, 1.54) is 17.0 Å². The molecule has 10 heteroatoms. The zero-order valence-electron chi connectivity index (χ0n) is 22.3. The van der Waals surface area contributed by atoms with E-state index in [0.29, 0.717) is 10.7 Å². The Morgan fingerprint density at radius 1 is 0.950 bits per heavy atom. The van der Waals surface area contributed by atoms with Gasteiger partial charge in [0.05, 0.1) is 10.6 Å². The van der Waals surface area contributed by atoms with E-state index in [1.807, 2.05) is 0 Å². The second kappa shape index (κ2) is 13.8. The SMILES string of the molecule is CC(C(=O)NC1CCCCC1)N(Cc1ccc(Cl)cc1)C(=O)CN(c1ccc(I)cc1)S(=O)(=O)c1ccccc1. The van der Waals surface area contributed by atoms with Gasteiger partial charge in [-0.15, -0.1) is 0 Å². The van der Waals surface area contributed by atoms with Crippen LogP contribution in [0.5, 0.6) is 0 Å². The van der Waals surface area contributed by atoms with E-state index in [1.54, 1.807) is 73.7 Å². The fourth-order valence-electron chi connectivity index (χ4n) is 4.79. The molecule has 7 nitrogen and oxygen atoms in total. The average molecular weight is 694 g/mol. The van der Waals surface area contributed by atoms with Crippen LogP contribution in [-0.4, -0.2) is 43.8 Å². The molecule has 1 aliphatic carbocycles. The first-order valence-corrected chi connectivity index (χ1v) is 16.2. The Morgan fingerprint density at radius 2 is 1.57 bits per heavy atom. The zero-order valence-corrected chi connectivity index (χ0v) is 26.0. The summed E-state index contributed by atoms with van der Waals surface area (Å²) < 4.78 is 29.6. The molecule has 3 aromatic rings. The van der Waals surface area contributed by atoms with Crippen molar-refractivity contribution in [3.8, 4) is 0 Å². The standard InChI is InChI=1S/C30H33ClIN3O4S/c1-22(30(37)33-26-8-4-2-5-9-26)34(20-23-12-14-24(31)15-13-23)29(36)21-35(27-18-16-25(32)17-19-27)40(38,39)28-10-6-3-7-11-28/h3,6-7,10-19,22,26H,2,4-5,8-9,20-21H2,1H3,(H,33,37). The van der Waals surface area contributed by atoms with Gasteiger partial charge in [0.1, 0.15) is 12.6 Å². The van der Waals surface area contributed by atoms with E-state index in [2.05, 4.69) is 27.9 Å². The molecule has 0 aliphatic heterocycles. The van der Waals surface area contributed by atoms with E-state index < -0.39 is 28.5 Å². The second-order valence-corrected chi connectivity index (χ2v) is 13.5.